The summed E-state index contributed by atoms with van der Waals surface area (Å²) in [6.07, 6.45) is 41.0. The van der Waals surface area contributed by atoms with E-state index >= 15 is 0 Å². The van der Waals surface area contributed by atoms with E-state index in [1.54, 1.807) is 22.7 Å². The zero-order valence-electron chi connectivity index (χ0n) is 30.0. The van der Waals surface area contributed by atoms with Crippen LogP contribution in [0.5, 0.6) is 10.8 Å². The first-order valence-electron chi connectivity index (χ1n) is 19.7. The van der Waals surface area contributed by atoms with Gasteiger partial charge in [-0.25, -0.2) is 0 Å². The summed E-state index contributed by atoms with van der Waals surface area (Å²) in [5.41, 5.74) is 0. The fraction of sp³-hybridized carbons (Fsp3) is 0.805. The van der Waals surface area contributed by atoms with Crippen LogP contribution in [0.25, 0.3) is 0 Å². The summed E-state index contributed by atoms with van der Waals surface area (Å²) < 4.78 is 11.3. The van der Waals surface area contributed by atoms with Gasteiger partial charge in [0.05, 0.1) is 13.2 Å². The maximum atomic E-state index is 5.68. The molecule has 0 spiro atoms. The Hall–Kier alpha value is -1.00. The number of hydrogen-bond donors (Lipinski definition) is 0. The first-order chi connectivity index (χ1) is 22.4. The van der Waals surface area contributed by atoms with Crippen LogP contribution in [0, 0.1) is 0 Å². The average Bonchev–Trinajstić information content (AvgIpc) is 3.78. The molecule has 2 aromatic heterocycles. The highest BCUT2D eigenvalue weighted by molar-refractivity contribution is 7.11. The predicted octanol–water partition coefficient (Wildman–Crippen LogP) is 15.6. The smallest absolute Gasteiger partial charge is 0.173 e. The Morgan fingerprint density at radius 1 is 0.422 bits per heavy atom. The van der Waals surface area contributed by atoms with E-state index in [0.29, 0.717) is 0 Å². The number of thiophene rings is 2. The Balaban J connectivity index is 0.000000454. The Morgan fingerprint density at radius 3 is 1.13 bits per heavy atom. The number of ether oxygens (including phenoxy) is 2. The van der Waals surface area contributed by atoms with Crippen LogP contribution in [0.15, 0.2) is 34.3 Å². The highest BCUT2D eigenvalue weighted by Gasteiger charge is 1.97. The lowest BCUT2D eigenvalue weighted by atomic mass is 10.0. The van der Waals surface area contributed by atoms with Crippen molar-refractivity contribution >= 4 is 22.7 Å². The predicted molar refractivity (Wildman–Crippen MR) is 205 cm³/mol. The molecule has 0 bridgehead atoms. The molecule has 4 heteroatoms. The monoisotopic (exact) mass is 663 g/mol. The Kier molecular flexibility index (Phi) is 33.5. The maximum absolute atomic E-state index is 5.68. The van der Waals surface area contributed by atoms with Crippen molar-refractivity contribution in [1.82, 2.24) is 0 Å². The maximum Gasteiger partial charge on any atom is 0.173 e. The summed E-state index contributed by atoms with van der Waals surface area (Å²) >= 11 is 3.39. The highest BCUT2D eigenvalue weighted by atomic mass is 32.1. The normalized spacial score (nSPS) is 11.0. The van der Waals surface area contributed by atoms with Gasteiger partial charge in [-0.3, -0.25) is 0 Å². The molecule has 262 valence electrons. The Labute approximate surface area is 289 Å². The molecule has 0 unspecified atom stereocenters. The van der Waals surface area contributed by atoms with Crippen molar-refractivity contribution in [2.24, 2.45) is 0 Å². The van der Waals surface area contributed by atoms with Crippen molar-refractivity contribution in [2.45, 2.75) is 200 Å². The van der Waals surface area contributed by atoms with Gasteiger partial charge >= 0.3 is 0 Å². The van der Waals surface area contributed by atoms with Gasteiger partial charge in [-0.1, -0.05) is 187 Å². The molecule has 2 heterocycles. The van der Waals surface area contributed by atoms with Gasteiger partial charge in [0.1, 0.15) is 5.75 Å². The lowest BCUT2D eigenvalue weighted by Gasteiger charge is -2.04. The average molecular weight is 663 g/mol. The molecule has 0 aliphatic heterocycles. The topological polar surface area (TPSA) is 18.5 Å². The molecular weight excluding hydrogens is 589 g/mol. The van der Waals surface area contributed by atoms with E-state index in [4.69, 9.17) is 9.47 Å². The van der Waals surface area contributed by atoms with Gasteiger partial charge in [-0.15, -0.1) is 22.7 Å². The zero-order chi connectivity index (χ0) is 32.1. The second kappa shape index (κ2) is 35.8. The van der Waals surface area contributed by atoms with Crippen LogP contribution in [0.3, 0.4) is 0 Å². The summed E-state index contributed by atoms with van der Waals surface area (Å²) in [6.45, 7) is 6.35. The summed E-state index contributed by atoms with van der Waals surface area (Å²) in [6, 6.07) is 6.15. The molecule has 0 saturated carbocycles. The molecule has 0 N–H and O–H groups in total. The van der Waals surface area contributed by atoms with E-state index in [1.807, 2.05) is 12.1 Å². The van der Waals surface area contributed by atoms with Crippen LogP contribution in [0.4, 0.5) is 0 Å². The minimum Gasteiger partial charge on any atom is -0.493 e. The van der Waals surface area contributed by atoms with Gasteiger partial charge in [0.25, 0.3) is 0 Å². The van der Waals surface area contributed by atoms with Crippen LogP contribution in [0.2, 0.25) is 0 Å². The molecule has 0 radical (unpaired) electrons. The molecule has 0 aliphatic carbocycles. The molecule has 2 nitrogen and oxygen atoms in total. The van der Waals surface area contributed by atoms with Gasteiger partial charge in [0.15, 0.2) is 5.06 Å². The summed E-state index contributed by atoms with van der Waals surface area (Å²) in [5.74, 6) is 1.04. The number of hydrogen-bond acceptors (Lipinski definition) is 4. The van der Waals surface area contributed by atoms with E-state index in [2.05, 4.69) is 36.1 Å². The zero-order valence-corrected chi connectivity index (χ0v) is 31.7. The third-order valence-corrected chi connectivity index (χ3v) is 10.2. The molecule has 2 aromatic rings. The van der Waals surface area contributed by atoms with Crippen molar-refractivity contribution in [3.05, 3.63) is 34.3 Å². The minimum atomic E-state index is 0.883. The summed E-state index contributed by atoms with van der Waals surface area (Å²) in [4.78, 5) is 0. The number of rotatable bonds is 33. The molecule has 0 aliphatic rings. The molecule has 2 rings (SSSR count). The van der Waals surface area contributed by atoms with Crippen molar-refractivity contribution in [2.75, 3.05) is 13.2 Å². The summed E-state index contributed by atoms with van der Waals surface area (Å²) in [5, 5.41) is 7.28. The highest BCUT2D eigenvalue weighted by Crippen LogP contribution is 2.19. The van der Waals surface area contributed by atoms with Crippen molar-refractivity contribution in [3.8, 4) is 10.8 Å². The van der Waals surface area contributed by atoms with Gasteiger partial charge in [-0.05, 0) is 41.8 Å². The van der Waals surface area contributed by atoms with Crippen molar-refractivity contribution < 1.29 is 9.47 Å². The Bertz CT molecular complexity index is 759. The first kappa shape index (κ1) is 42.0. The molecule has 0 fully saturated rings. The van der Waals surface area contributed by atoms with E-state index in [0.717, 1.165) is 24.0 Å². The van der Waals surface area contributed by atoms with Gasteiger partial charge < -0.3 is 9.47 Å². The lowest BCUT2D eigenvalue weighted by molar-refractivity contribution is 0.305. The fourth-order valence-electron chi connectivity index (χ4n) is 5.81. The minimum absolute atomic E-state index is 0.883. The Morgan fingerprint density at radius 2 is 0.800 bits per heavy atom. The largest absolute Gasteiger partial charge is 0.493 e. The van der Waals surface area contributed by atoms with Gasteiger partial charge in [0.2, 0.25) is 0 Å². The van der Waals surface area contributed by atoms with Gasteiger partial charge in [-0.2, -0.15) is 0 Å². The standard InChI is InChI=1S/C22H40OS.C19H34OS/c1-2-3-4-5-6-7-8-9-10-11-12-13-14-15-16-17-20-23-22-19-18-21-24-22;1-2-3-4-5-6-7-8-9-10-11-12-13-14-16-20-19-15-17-21-18-19/h18-19,21H,2-17,20H2,1H3;15,17-18H,2-14,16H2,1H3. The van der Waals surface area contributed by atoms with E-state index in [9.17, 15) is 0 Å². The first-order valence-corrected chi connectivity index (χ1v) is 21.5. The SMILES string of the molecule is CCCCCCCCCCCCCCCCCCOc1cccs1.CCCCCCCCCCCCCCCOc1ccsc1. The van der Waals surface area contributed by atoms with Crippen LogP contribution in [0.1, 0.15) is 200 Å². The molecular formula is C41H74O2S2. The van der Waals surface area contributed by atoms with E-state index < -0.39 is 0 Å². The molecule has 45 heavy (non-hydrogen) atoms. The van der Waals surface area contributed by atoms with Crippen LogP contribution in [-0.2, 0) is 0 Å². The molecule has 0 atom stereocenters. The number of unbranched alkanes of at least 4 members (excludes halogenated alkanes) is 27. The summed E-state index contributed by atoms with van der Waals surface area (Å²) in [7, 11) is 0. The fourth-order valence-corrected chi connectivity index (χ4v) is 6.98. The second-order valence-electron chi connectivity index (χ2n) is 13.1. The third-order valence-electron chi connectivity index (χ3n) is 8.75. The van der Waals surface area contributed by atoms with Gasteiger partial charge in [0, 0.05) is 5.38 Å². The quantitative estimate of drug-likeness (QED) is 0.0708. The lowest BCUT2D eigenvalue weighted by Crippen LogP contribution is -1.95. The third kappa shape index (κ3) is 31.4. The van der Waals surface area contributed by atoms with Crippen LogP contribution in [-0.4, -0.2) is 13.2 Å². The van der Waals surface area contributed by atoms with Crippen molar-refractivity contribution in [3.63, 3.8) is 0 Å². The van der Waals surface area contributed by atoms with E-state index in [1.165, 1.54) is 186 Å². The molecule has 0 aromatic carbocycles. The van der Waals surface area contributed by atoms with Crippen LogP contribution >= 0.6 is 22.7 Å². The van der Waals surface area contributed by atoms with E-state index in [-0.39, 0.29) is 0 Å². The van der Waals surface area contributed by atoms with Crippen molar-refractivity contribution in [1.29, 1.82) is 0 Å². The van der Waals surface area contributed by atoms with Crippen LogP contribution < -0.4 is 9.47 Å². The molecule has 0 saturated heterocycles. The second-order valence-corrected chi connectivity index (χ2v) is 14.8. The molecule has 0 amide bonds.